The summed E-state index contributed by atoms with van der Waals surface area (Å²) >= 11 is 1.86. The minimum atomic E-state index is 0.279. The largest absolute Gasteiger partial charge is 0.329 e. The molecule has 16 heavy (non-hydrogen) atoms. The Hall–Kier alpha value is -0.520. The van der Waals surface area contributed by atoms with Crippen molar-refractivity contribution in [1.82, 2.24) is 14.7 Å². The van der Waals surface area contributed by atoms with Crippen molar-refractivity contribution in [2.75, 3.05) is 32.1 Å². The molecule has 0 fully saturated rings. The molecule has 92 valence electrons. The average Bonchev–Trinajstić information content (AvgIpc) is 2.56. The summed E-state index contributed by atoms with van der Waals surface area (Å²) in [5.74, 6) is 1.13. The van der Waals surface area contributed by atoms with E-state index in [2.05, 4.69) is 29.5 Å². The third-order valence-electron chi connectivity index (χ3n) is 2.81. The summed E-state index contributed by atoms with van der Waals surface area (Å²) in [4.78, 5) is 2.31. The number of hydrogen-bond acceptors (Lipinski definition) is 4. The van der Waals surface area contributed by atoms with Gasteiger partial charge in [0.15, 0.2) is 0 Å². The number of hydrogen-bond donors (Lipinski definition) is 1. The van der Waals surface area contributed by atoms with E-state index in [1.54, 1.807) is 0 Å². The van der Waals surface area contributed by atoms with Crippen LogP contribution in [0.15, 0.2) is 6.20 Å². The van der Waals surface area contributed by atoms with Gasteiger partial charge in [0.05, 0.1) is 11.7 Å². The molecule has 4 nitrogen and oxygen atoms in total. The quantitative estimate of drug-likeness (QED) is 0.809. The number of nitrogens with two attached hydrogens (primary N) is 1. The summed E-state index contributed by atoms with van der Waals surface area (Å²) in [7, 11) is 4.08. The third kappa shape index (κ3) is 3.23. The minimum Gasteiger partial charge on any atom is -0.329 e. The van der Waals surface area contributed by atoms with Gasteiger partial charge in [-0.05, 0) is 20.2 Å². The van der Waals surface area contributed by atoms with Crippen molar-refractivity contribution < 1.29 is 0 Å². The van der Waals surface area contributed by atoms with Crippen molar-refractivity contribution in [3.63, 3.8) is 0 Å². The van der Waals surface area contributed by atoms with Gasteiger partial charge in [-0.3, -0.25) is 9.58 Å². The molecule has 0 aliphatic carbocycles. The molecular formula is C11H22N4S. The number of aryl methyl sites for hydroxylation is 2. The van der Waals surface area contributed by atoms with Crippen LogP contribution in [0.5, 0.6) is 0 Å². The molecule has 2 N–H and O–H groups in total. The van der Waals surface area contributed by atoms with Gasteiger partial charge in [-0.15, -0.1) is 0 Å². The van der Waals surface area contributed by atoms with Crippen LogP contribution in [0.1, 0.15) is 17.3 Å². The van der Waals surface area contributed by atoms with Crippen molar-refractivity contribution in [2.24, 2.45) is 12.8 Å². The molecule has 0 radical (unpaired) electrons. The lowest BCUT2D eigenvalue weighted by Crippen LogP contribution is -2.32. The molecule has 5 heteroatoms. The lowest BCUT2D eigenvalue weighted by atomic mass is 10.1. The summed E-state index contributed by atoms with van der Waals surface area (Å²) in [6.45, 7) is 3.73. The van der Waals surface area contributed by atoms with Crippen molar-refractivity contribution in [2.45, 2.75) is 13.0 Å². The summed E-state index contributed by atoms with van der Waals surface area (Å²) in [5, 5.41) is 4.37. The molecule has 0 bridgehead atoms. The van der Waals surface area contributed by atoms with Crippen LogP contribution >= 0.6 is 11.8 Å². The Morgan fingerprint density at radius 2 is 2.31 bits per heavy atom. The van der Waals surface area contributed by atoms with Gasteiger partial charge in [-0.2, -0.15) is 16.9 Å². The van der Waals surface area contributed by atoms with Crippen LogP contribution in [-0.4, -0.2) is 46.8 Å². The zero-order valence-corrected chi connectivity index (χ0v) is 11.4. The van der Waals surface area contributed by atoms with Gasteiger partial charge < -0.3 is 5.73 Å². The SMILES string of the molecule is CSCCN(C)C(CN)c1cn(C)nc1C. The zero-order chi connectivity index (χ0) is 12.1. The molecule has 1 aromatic heterocycles. The second-order valence-corrected chi connectivity index (χ2v) is 5.05. The monoisotopic (exact) mass is 242 g/mol. The summed E-state index contributed by atoms with van der Waals surface area (Å²) < 4.78 is 1.86. The fourth-order valence-corrected chi connectivity index (χ4v) is 2.35. The molecule has 0 spiro atoms. The summed E-state index contributed by atoms with van der Waals surface area (Å²) in [5.41, 5.74) is 8.19. The first-order chi connectivity index (χ1) is 7.60. The molecule has 0 aliphatic rings. The first-order valence-corrected chi connectivity index (χ1v) is 6.89. The fraction of sp³-hybridized carbons (Fsp3) is 0.727. The van der Waals surface area contributed by atoms with Gasteiger partial charge in [-0.1, -0.05) is 0 Å². The van der Waals surface area contributed by atoms with Crippen LogP contribution in [-0.2, 0) is 7.05 Å². The fourth-order valence-electron chi connectivity index (χ4n) is 1.88. The average molecular weight is 242 g/mol. The highest BCUT2D eigenvalue weighted by Crippen LogP contribution is 2.20. The molecule has 1 rings (SSSR count). The molecule has 0 aliphatic heterocycles. The topological polar surface area (TPSA) is 47.1 Å². The molecule has 1 unspecified atom stereocenters. The van der Waals surface area contributed by atoms with E-state index in [1.807, 2.05) is 30.4 Å². The van der Waals surface area contributed by atoms with Crippen LogP contribution in [0.3, 0.4) is 0 Å². The maximum atomic E-state index is 5.87. The van der Waals surface area contributed by atoms with E-state index < -0.39 is 0 Å². The highest BCUT2D eigenvalue weighted by molar-refractivity contribution is 7.98. The van der Waals surface area contributed by atoms with E-state index >= 15 is 0 Å². The van der Waals surface area contributed by atoms with Gasteiger partial charge in [0.25, 0.3) is 0 Å². The van der Waals surface area contributed by atoms with E-state index in [-0.39, 0.29) is 6.04 Å². The Bertz CT molecular complexity index is 324. The van der Waals surface area contributed by atoms with Crippen LogP contribution in [0.25, 0.3) is 0 Å². The number of nitrogens with zero attached hydrogens (tertiary/aromatic N) is 3. The van der Waals surface area contributed by atoms with Crippen LogP contribution < -0.4 is 5.73 Å². The van der Waals surface area contributed by atoms with Gasteiger partial charge >= 0.3 is 0 Å². The standard InChI is InChI=1S/C11H22N4S/c1-9-10(8-15(3)13-9)11(7-12)14(2)5-6-16-4/h8,11H,5-7,12H2,1-4H3. The third-order valence-corrected chi connectivity index (χ3v) is 3.40. The lowest BCUT2D eigenvalue weighted by Gasteiger charge is -2.26. The predicted octanol–water partition coefficient (Wildman–Crippen LogP) is 1.02. The van der Waals surface area contributed by atoms with Crippen LogP contribution in [0.2, 0.25) is 0 Å². The van der Waals surface area contributed by atoms with Gasteiger partial charge in [0, 0.05) is 37.7 Å². The number of rotatable bonds is 6. The molecule has 1 atom stereocenters. The maximum absolute atomic E-state index is 5.87. The van der Waals surface area contributed by atoms with E-state index in [1.165, 1.54) is 5.56 Å². The first kappa shape index (κ1) is 13.5. The second-order valence-electron chi connectivity index (χ2n) is 4.07. The van der Waals surface area contributed by atoms with E-state index in [0.717, 1.165) is 18.0 Å². The molecule has 0 amide bonds. The molecule has 0 saturated carbocycles. The Balaban J connectivity index is 2.77. The smallest absolute Gasteiger partial charge is 0.0641 e. The molecule has 0 aromatic carbocycles. The Morgan fingerprint density at radius 3 is 2.75 bits per heavy atom. The first-order valence-electron chi connectivity index (χ1n) is 5.49. The molecular weight excluding hydrogens is 220 g/mol. The van der Waals surface area contributed by atoms with Crippen molar-refractivity contribution in [3.05, 3.63) is 17.5 Å². The van der Waals surface area contributed by atoms with E-state index in [0.29, 0.717) is 6.54 Å². The van der Waals surface area contributed by atoms with Crippen molar-refractivity contribution in [3.8, 4) is 0 Å². The highest BCUT2D eigenvalue weighted by atomic mass is 32.2. The zero-order valence-electron chi connectivity index (χ0n) is 10.6. The molecule has 1 aromatic rings. The van der Waals surface area contributed by atoms with Crippen LogP contribution in [0.4, 0.5) is 0 Å². The number of thioether (sulfide) groups is 1. The number of likely N-dealkylation sites (N-methyl/N-ethyl adjacent to an activating group) is 1. The van der Waals surface area contributed by atoms with Crippen molar-refractivity contribution in [1.29, 1.82) is 0 Å². The summed E-state index contributed by atoms with van der Waals surface area (Å²) in [6.07, 6.45) is 4.20. The second kappa shape index (κ2) is 6.27. The maximum Gasteiger partial charge on any atom is 0.0641 e. The van der Waals surface area contributed by atoms with Crippen molar-refractivity contribution >= 4 is 11.8 Å². The molecule has 1 heterocycles. The van der Waals surface area contributed by atoms with E-state index in [4.69, 9.17) is 5.73 Å². The van der Waals surface area contributed by atoms with Crippen LogP contribution in [0, 0.1) is 6.92 Å². The Kier molecular flexibility index (Phi) is 5.31. The number of aromatic nitrogens is 2. The van der Waals surface area contributed by atoms with Gasteiger partial charge in [0.2, 0.25) is 0 Å². The van der Waals surface area contributed by atoms with Gasteiger partial charge in [-0.25, -0.2) is 0 Å². The van der Waals surface area contributed by atoms with E-state index in [9.17, 15) is 0 Å². The van der Waals surface area contributed by atoms with Gasteiger partial charge in [0.1, 0.15) is 0 Å². The predicted molar refractivity (Wildman–Crippen MR) is 70.8 cm³/mol. The molecule has 0 saturated heterocycles. The Labute approximate surface area is 102 Å². The Morgan fingerprint density at radius 1 is 1.62 bits per heavy atom. The summed E-state index contributed by atoms with van der Waals surface area (Å²) in [6, 6.07) is 0.279. The highest BCUT2D eigenvalue weighted by Gasteiger charge is 2.19. The lowest BCUT2D eigenvalue weighted by molar-refractivity contribution is 0.265. The normalized spacial score (nSPS) is 13.4. The minimum absolute atomic E-state index is 0.279.